The Bertz CT molecular complexity index is 371. The Kier molecular flexibility index (Phi) is 14.9. The van der Waals surface area contributed by atoms with Gasteiger partial charge in [0.25, 0.3) is 0 Å². The molecular weight excluding hydrogens is 311 g/mol. The number of halogens is 3. The van der Waals surface area contributed by atoms with Crippen molar-refractivity contribution >= 4 is 12.0 Å². The van der Waals surface area contributed by atoms with Crippen molar-refractivity contribution in [1.82, 2.24) is 5.32 Å². The second kappa shape index (κ2) is 13.9. The summed E-state index contributed by atoms with van der Waals surface area (Å²) in [5.74, 6) is 0.792. The van der Waals surface area contributed by atoms with Gasteiger partial charge in [0, 0.05) is 11.8 Å². The number of rotatable bonds is 5. The number of likely N-dealkylation sites (N-methyl/N-ethyl adjacent to an activating group) is 1. The average Bonchev–Trinajstić information content (AvgIpc) is 2.49. The fraction of sp³-hybridized carbons (Fsp3) is 0.625. The minimum absolute atomic E-state index is 0.188. The first kappa shape index (κ1) is 23.5. The van der Waals surface area contributed by atoms with Gasteiger partial charge in [0.05, 0.1) is 5.56 Å². The molecule has 0 spiro atoms. The third kappa shape index (κ3) is 11.9. The molecule has 1 atom stereocenters. The van der Waals surface area contributed by atoms with E-state index in [2.05, 4.69) is 5.32 Å². The fourth-order valence-electron chi connectivity index (χ4n) is 1.65. The number of nitrogens with one attached hydrogen (secondary N) is 1. The Labute approximate surface area is 136 Å². The van der Waals surface area contributed by atoms with Gasteiger partial charge in [-0.25, -0.2) is 0 Å². The van der Waals surface area contributed by atoms with E-state index in [9.17, 15) is 13.2 Å². The fourth-order valence-corrected chi connectivity index (χ4v) is 1.65. The highest BCUT2D eigenvalue weighted by molar-refractivity contribution is 7.93. The van der Waals surface area contributed by atoms with Crippen LogP contribution in [-0.2, 0) is 12.6 Å². The van der Waals surface area contributed by atoms with Crippen LogP contribution in [0, 0.1) is 0 Å². The highest BCUT2D eigenvalue weighted by Crippen LogP contribution is 2.29. The first-order valence-electron chi connectivity index (χ1n) is 7.51. The molecule has 0 saturated heterocycles. The van der Waals surface area contributed by atoms with Gasteiger partial charge in [-0.2, -0.15) is 13.2 Å². The van der Waals surface area contributed by atoms with Crippen molar-refractivity contribution in [3.63, 3.8) is 0 Å². The summed E-state index contributed by atoms with van der Waals surface area (Å²) in [6, 6.07) is 5.68. The molecular formula is C16H28F3NOS. The van der Waals surface area contributed by atoms with Gasteiger partial charge in [-0.15, -0.1) is 0 Å². The molecule has 0 heterocycles. The maximum Gasteiger partial charge on any atom is 0.416 e. The van der Waals surface area contributed by atoms with Gasteiger partial charge in [0.1, 0.15) is 0 Å². The van der Waals surface area contributed by atoms with Crippen LogP contribution in [0.15, 0.2) is 24.3 Å². The van der Waals surface area contributed by atoms with E-state index in [4.69, 9.17) is 4.55 Å². The summed E-state index contributed by atoms with van der Waals surface area (Å²) < 4.78 is 45.1. The van der Waals surface area contributed by atoms with Crippen LogP contribution in [0.2, 0.25) is 0 Å². The third-order valence-corrected chi connectivity index (χ3v) is 2.74. The molecule has 0 aliphatic carbocycles. The summed E-state index contributed by atoms with van der Waals surface area (Å²) in [6.45, 7) is 10.6. The van der Waals surface area contributed by atoms with Gasteiger partial charge < -0.3 is 9.87 Å². The summed E-state index contributed by atoms with van der Waals surface area (Å²) in [5, 5.41) is 3.17. The molecule has 6 heteroatoms. The Balaban J connectivity index is 0. The van der Waals surface area contributed by atoms with Gasteiger partial charge in [-0.3, -0.25) is 0 Å². The van der Waals surface area contributed by atoms with E-state index in [1.807, 2.05) is 34.6 Å². The van der Waals surface area contributed by atoms with Gasteiger partial charge in [0.15, 0.2) is 0 Å². The van der Waals surface area contributed by atoms with E-state index in [0.717, 1.165) is 30.4 Å². The zero-order chi connectivity index (χ0) is 17.6. The van der Waals surface area contributed by atoms with E-state index in [0.29, 0.717) is 12.0 Å². The molecule has 22 heavy (non-hydrogen) atoms. The molecule has 0 fully saturated rings. The Hall–Kier alpha value is -0.720. The Morgan fingerprint density at radius 2 is 1.77 bits per heavy atom. The minimum Gasteiger partial charge on any atom is -0.330 e. The first-order valence-corrected chi connectivity index (χ1v) is 8.45. The predicted octanol–water partition coefficient (Wildman–Crippen LogP) is 5.48. The maximum absolute atomic E-state index is 12.4. The lowest BCUT2D eigenvalue weighted by molar-refractivity contribution is -0.137. The van der Waals surface area contributed by atoms with E-state index in [1.165, 1.54) is 12.1 Å². The second-order valence-corrected chi connectivity index (χ2v) is 5.11. The summed E-state index contributed by atoms with van der Waals surface area (Å²) in [5.41, 5.74) is 0.136. The largest absolute Gasteiger partial charge is 0.416 e. The molecule has 0 saturated carbocycles. The van der Waals surface area contributed by atoms with E-state index >= 15 is 0 Å². The van der Waals surface area contributed by atoms with Crippen molar-refractivity contribution in [3.8, 4) is 0 Å². The smallest absolute Gasteiger partial charge is 0.330 e. The van der Waals surface area contributed by atoms with Crippen molar-refractivity contribution < 1.29 is 17.7 Å². The van der Waals surface area contributed by atoms with Gasteiger partial charge in [-0.05, 0) is 43.6 Å². The number of hydrogen-bond acceptors (Lipinski definition) is 3. The van der Waals surface area contributed by atoms with Crippen LogP contribution in [0.1, 0.15) is 45.7 Å². The average molecular weight is 339 g/mol. The Morgan fingerprint density at radius 1 is 1.23 bits per heavy atom. The van der Waals surface area contributed by atoms with Crippen LogP contribution in [0.25, 0.3) is 0 Å². The van der Waals surface area contributed by atoms with Crippen LogP contribution in [-0.4, -0.2) is 22.9 Å². The van der Waals surface area contributed by atoms with Crippen molar-refractivity contribution in [1.29, 1.82) is 0 Å². The molecule has 0 aromatic heterocycles. The molecule has 0 bridgehead atoms. The van der Waals surface area contributed by atoms with Crippen LogP contribution in [0.5, 0.6) is 0 Å². The molecule has 2 N–H and O–H groups in total. The van der Waals surface area contributed by atoms with Gasteiger partial charge >= 0.3 is 6.18 Å². The molecule has 130 valence electrons. The molecule has 1 aromatic rings. The predicted molar refractivity (Wildman–Crippen MR) is 90.4 cm³/mol. The normalized spacial score (nSPS) is 11.7. The summed E-state index contributed by atoms with van der Waals surface area (Å²) in [4.78, 5) is 0. The zero-order valence-corrected chi connectivity index (χ0v) is 14.8. The maximum atomic E-state index is 12.4. The molecule has 1 rings (SSSR count). The molecule has 2 nitrogen and oxygen atoms in total. The quantitative estimate of drug-likeness (QED) is 0.696. The standard InChI is InChI=1S/C12H16F3N.C2H6OS.C2H6/c1-3-16-9(2)7-10-5-4-6-11(8-10)12(13,14)15;1-2-4-3;1-2/h4-6,8-9,16H,3,7H2,1-2H3;3H,2H2,1H3;1-2H3. The van der Waals surface area contributed by atoms with E-state index in [1.54, 1.807) is 6.07 Å². The lowest BCUT2D eigenvalue weighted by Crippen LogP contribution is -2.27. The van der Waals surface area contributed by atoms with Crippen molar-refractivity contribution in [2.24, 2.45) is 0 Å². The van der Waals surface area contributed by atoms with E-state index in [-0.39, 0.29) is 6.04 Å². The van der Waals surface area contributed by atoms with Gasteiger partial charge in [0.2, 0.25) is 0 Å². The topological polar surface area (TPSA) is 32.3 Å². The summed E-state index contributed by atoms with van der Waals surface area (Å²) in [7, 11) is 0. The first-order chi connectivity index (χ1) is 10.3. The van der Waals surface area contributed by atoms with E-state index < -0.39 is 11.7 Å². The Morgan fingerprint density at radius 3 is 2.18 bits per heavy atom. The van der Waals surface area contributed by atoms with Crippen molar-refractivity contribution in [2.45, 2.75) is 53.3 Å². The van der Waals surface area contributed by atoms with Crippen LogP contribution in [0.3, 0.4) is 0 Å². The van der Waals surface area contributed by atoms with Crippen LogP contribution < -0.4 is 5.32 Å². The monoisotopic (exact) mass is 339 g/mol. The molecule has 0 aliphatic heterocycles. The van der Waals surface area contributed by atoms with Crippen LogP contribution >= 0.6 is 12.0 Å². The lowest BCUT2D eigenvalue weighted by atomic mass is 10.0. The zero-order valence-electron chi connectivity index (χ0n) is 14.0. The summed E-state index contributed by atoms with van der Waals surface area (Å²) >= 11 is 0.856. The highest BCUT2D eigenvalue weighted by Gasteiger charge is 2.30. The molecule has 0 amide bonds. The molecule has 0 aliphatic rings. The SMILES string of the molecule is CC.CCNC(C)Cc1cccc(C(F)(F)F)c1.CCSO. The van der Waals surface area contributed by atoms with Gasteiger partial charge in [-0.1, -0.05) is 45.9 Å². The number of benzene rings is 1. The third-order valence-electron chi connectivity index (χ3n) is 2.48. The molecule has 1 unspecified atom stereocenters. The molecule has 0 radical (unpaired) electrons. The summed E-state index contributed by atoms with van der Waals surface area (Å²) in [6.07, 6.45) is -3.64. The number of hydrogen-bond donors (Lipinski definition) is 2. The lowest BCUT2D eigenvalue weighted by Gasteiger charge is -2.13. The second-order valence-electron chi connectivity index (χ2n) is 4.28. The minimum atomic E-state index is -4.25. The molecule has 1 aromatic carbocycles. The van der Waals surface area contributed by atoms with Crippen LogP contribution in [0.4, 0.5) is 13.2 Å². The van der Waals surface area contributed by atoms with Crippen molar-refractivity contribution in [3.05, 3.63) is 35.4 Å². The number of alkyl halides is 3. The van der Waals surface area contributed by atoms with Crippen molar-refractivity contribution in [2.75, 3.05) is 12.3 Å². The highest BCUT2D eigenvalue weighted by atomic mass is 32.2.